The van der Waals surface area contributed by atoms with Crippen LogP contribution in [0, 0.1) is 6.92 Å². The Kier molecular flexibility index (Phi) is 6.04. The normalized spacial score (nSPS) is 11.6. The first kappa shape index (κ1) is 19.5. The number of carbonyl (C=O) groups is 2. The molecule has 2 N–H and O–H groups in total. The molecule has 1 unspecified atom stereocenters. The van der Waals surface area contributed by atoms with Crippen LogP contribution in [0.5, 0.6) is 17.2 Å². The molecule has 1 amide bonds. The summed E-state index contributed by atoms with van der Waals surface area (Å²) >= 11 is 1.04. The van der Waals surface area contributed by atoms with Gasteiger partial charge in [0.1, 0.15) is 9.88 Å². The number of nitrogens with one attached hydrogen (secondary N) is 1. The van der Waals surface area contributed by atoms with E-state index in [-0.39, 0.29) is 16.2 Å². The molecule has 2 rings (SSSR count). The topological polar surface area (TPSA) is 107 Å². The summed E-state index contributed by atoms with van der Waals surface area (Å²) in [6.45, 7) is 3.35. The standard InChI is InChI=1S/C17H20N2O6S/c1-8-14(17(21)22)26-16(19-8)9(2)18-15(20)10-6-7-11(23-3)13(25-5)12(10)24-4/h6-7,9H,1-5H3,(H,18,20)(H,21,22). The number of aromatic carboxylic acids is 1. The van der Waals surface area contributed by atoms with Crippen molar-refractivity contribution in [2.24, 2.45) is 0 Å². The quantitative estimate of drug-likeness (QED) is 0.760. The summed E-state index contributed by atoms with van der Waals surface area (Å²) in [4.78, 5) is 28.2. The third-order valence-electron chi connectivity index (χ3n) is 3.67. The van der Waals surface area contributed by atoms with Crippen LogP contribution in [0.3, 0.4) is 0 Å². The molecule has 1 aromatic heterocycles. The number of aromatic nitrogens is 1. The van der Waals surface area contributed by atoms with Crippen molar-refractivity contribution in [3.05, 3.63) is 33.3 Å². The molecule has 0 fully saturated rings. The van der Waals surface area contributed by atoms with Gasteiger partial charge in [0.05, 0.1) is 38.6 Å². The SMILES string of the molecule is COc1ccc(C(=O)NC(C)c2nc(C)c(C(=O)O)s2)c(OC)c1OC. The molecular formula is C17H20N2O6S. The number of ether oxygens (including phenoxy) is 3. The molecule has 140 valence electrons. The van der Waals surface area contributed by atoms with Gasteiger partial charge in [-0.15, -0.1) is 11.3 Å². The molecule has 1 heterocycles. The molecule has 1 aromatic carbocycles. The average molecular weight is 380 g/mol. The van der Waals surface area contributed by atoms with Crippen LogP contribution in [-0.2, 0) is 0 Å². The molecular weight excluding hydrogens is 360 g/mol. The molecule has 0 aliphatic heterocycles. The lowest BCUT2D eigenvalue weighted by molar-refractivity contribution is 0.0700. The van der Waals surface area contributed by atoms with Crippen LogP contribution >= 0.6 is 11.3 Å². The van der Waals surface area contributed by atoms with E-state index in [1.807, 2.05) is 0 Å². The lowest BCUT2D eigenvalue weighted by Crippen LogP contribution is -2.27. The minimum absolute atomic E-state index is 0.157. The first-order valence-electron chi connectivity index (χ1n) is 7.64. The van der Waals surface area contributed by atoms with Gasteiger partial charge < -0.3 is 24.6 Å². The maximum absolute atomic E-state index is 12.7. The number of carboxylic acid groups (broad SMARTS) is 1. The second-order valence-electron chi connectivity index (χ2n) is 5.35. The summed E-state index contributed by atoms with van der Waals surface area (Å²) in [5.41, 5.74) is 0.686. The van der Waals surface area contributed by atoms with Gasteiger partial charge in [-0.3, -0.25) is 4.79 Å². The van der Waals surface area contributed by atoms with Gasteiger partial charge in [-0.2, -0.15) is 0 Å². The third-order valence-corrected chi connectivity index (χ3v) is 5.00. The fraction of sp³-hybridized carbons (Fsp3) is 0.353. The van der Waals surface area contributed by atoms with Crippen LogP contribution in [0.4, 0.5) is 0 Å². The van der Waals surface area contributed by atoms with Gasteiger partial charge in [0.2, 0.25) is 5.75 Å². The van der Waals surface area contributed by atoms with E-state index in [0.29, 0.717) is 22.2 Å². The molecule has 0 saturated heterocycles. The number of benzene rings is 1. The molecule has 0 saturated carbocycles. The lowest BCUT2D eigenvalue weighted by atomic mass is 10.1. The second kappa shape index (κ2) is 8.05. The Morgan fingerprint density at radius 2 is 1.81 bits per heavy atom. The molecule has 0 bridgehead atoms. The smallest absolute Gasteiger partial charge is 0.347 e. The zero-order valence-corrected chi connectivity index (χ0v) is 15.9. The average Bonchev–Trinajstić information content (AvgIpc) is 3.02. The van der Waals surface area contributed by atoms with E-state index >= 15 is 0 Å². The van der Waals surface area contributed by atoms with E-state index in [1.165, 1.54) is 21.3 Å². The highest BCUT2D eigenvalue weighted by molar-refractivity contribution is 7.13. The molecule has 8 nitrogen and oxygen atoms in total. The predicted octanol–water partition coefficient (Wildman–Crippen LogP) is 2.67. The van der Waals surface area contributed by atoms with Gasteiger partial charge in [0, 0.05) is 0 Å². The Morgan fingerprint density at radius 1 is 1.15 bits per heavy atom. The van der Waals surface area contributed by atoms with Gasteiger partial charge in [0.25, 0.3) is 5.91 Å². The summed E-state index contributed by atoms with van der Waals surface area (Å²) in [6.07, 6.45) is 0. The van der Waals surface area contributed by atoms with Gasteiger partial charge in [-0.05, 0) is 26.0 Å². The van der Waals surface area contributed by atoms with Crippen molar-refractivity contribution < 1.29 is 28.9 Å². The van der Waals surface area contributed by atoms with Crippen molar-refractivity contribution in [2.45, 2.75) is 19.9 Å². The zero-order valence-electron chi connectivity index (χ0n) is 15.1. The Labute approximate surface area is 154 Å². The van der Waals surface area contributed by atoms with Crippen molar-refractivity contribution in [2.75, 3.05) is 21.3 Å². The minimum atomic E-state index is -1.04. The van der Waals surface area contributed by atoms with Crippen molar-refractivity contribution in [3.63, 3.8) is 0 Å². The third kappa shape index (κ3) is 3.72. The van der Waals surface area contributed by atoms with Crippen molar-refractivity contribution in [3.8, 4) is 17.2 Å². The first-order valence-corrected chi connectivity index (χ1v) is 8.46. The monoisotopic (exact) mass is 380 g/mol. The van der Waals surface area contributed by atoms with E-state index < -0.39 is 17.9 Å². The Bertz CT molecular complexity index is 833. The predicted molar refractivity (Wildman–Crippen MR) is 95.8 cm³/mol. The van der Waals surface area contributed by atoms with Crippen molar-refractivity contribution >= 4 is 23.2 Å². The number of carbonyl (C=O) groups excluding carboxylic acids is 1. The molecule has 0 aliphatic rings. The zero-order chi connectivity index (χ0) is 19.4. The van der Waals surface area contributed by atoms with E-state index in [9.17, 15) is 9.59 Å². The minimum Gasteiger partial charge on any atom is -0.493 e. The Hall–Kier alpha value is -2.81. The van der Waals surface area contributed by atoms with Crippen molar-refractivity contribution in [1.29, 1.82) is 0 Å². The summed E-state index contributed by atoms with van der Waals surface area (Å²) in [6, 6.07) is 2.70. The van der Waals surface area contributed by atoms with Crippen LogP contribution < -0.4 is 19.5 Å². The maximum Gasteiger partial charge on any atom is 0.347 e. The van der Waals surface area contributed by atoms with Crippen LogP contribution in [0.1, 0.15) is 43.7 Å². The highest BCUT2D eigenvalue weighted by Gasteiger charge is 2.24. The molecule has 0 radical (unpaired) electrons. The van der Waals surface area contributed by atoms with Crippen LogP contribution in [0.15, 0.2) is 12.1 Å². The van der Waals surface area contributed by atoms with Gasteiger partial charge in [-0.1, -0.05) is 0 Å². The number of rotatable bonds is 7. The lowest BCUT2D eigenvalue weighted by Gasteiger charge is -2.17. The van der Waals surface area contributed by atoms with Crippen molar-refractivity contribution in [1.82, 2.24) is 10.3 Å². The fourth-order valence-corrected chi connectivity index (χ4v) is 3.33. The number of aryl methyl sites for hydroxylation is 1. The molecule has 1 atom stereocenters. The molecule has 2 aromatic rings. The van der Waals surface area contributed by atoms with Gasteiger partial charge in [0.15, 0.2) is 11.5 Å². The highest BCUT2D eigenvalue weighted by Crippen LogP contribution is 2.39. The Balaban J connectivity index is 2.29. The van der Waals surface area contributed by atoms with E-state index in [4.69, 9.17) is 19.3 Å². The number of hydrogen-bond donors (Lipinski definition) is 2. The number of amides is 1. The number of carboxylic acids is 1. The van der Waals surface area contributed by atoms with E-state index in [1.54, 1.807) is 26.0 Å². The summed E-state index contributed by atoms with van der Waals surface area (Å²) in [5.74, 6) is -0.436. The van der Waals surface area contributed by atoms with Gasteiger partial charge >= 0.3 is 5.97 Å². The molecule has 26 heavy (non-hydrogen) atoms. The summed E-state index contributed by atoms with van der Waals surface area (Å²) in [7, 11) is 4.38. The van der Waals surface area contributed by atoms with Gasteiger partial charge in [-0.25, -0.2) is 9.78 Å². The number of nitrogens with zero attached hydrogens (tertiary/aromatic N) is 1. The number of thiazole rings is 1. The number of hydrogen-bond acceptors (Lipinski definition) is 7. The highest BCUT2D eigenvalue weighted by atomic mass is 32.1. The summed E-state index contributed by atoms with van der Waals surface area (Å²) < 4.78 is 15.8. The van der Waals surface area contributed by atoms with Crippen LogP contribution in [0.25, 0.3) is 0 Å². The van der Waals surface area contributed by atoms with E-state index in [2.05, 4.69) is 10.3 Å². The molecule has 0 aliphatic carbocycles. The van der Waals surface area contributed by atoms with Crippen LogP contribution in [0.2, 0.25) is 0 Å². The largest absolute Gasteiger partial charge is 0.493 e. The maximum atomic E-state index is 12.7. The molecule has 9 heteroatoms. The fourth-order valence-electron chi connectivity index (χ4n) is 2.42. The van der Waals surface area contributed by atoms with Crippen LogP contribution in [-0.4, -0.2) is 43.3 Å². The first-order chi connectivity index (χ1) is 12.3. The molecule has 0 spiro atoms. The van der Waals surface area contributed by atoms with E-state index in [0.717, 1.165) is 11.3 Å². The second-order valence-corrected chi connectivity index (χ2v) is 6.38. The Morgan fingerprint density at radius 3 is 2.31 bits per heavy atom. The summed E-state index contributed by atoms with van der Waals surface area (Å²) in [5, 5.41) is 12.4. The number of methoxy groups -OCH3 is 3.